The van der Waals surface area contributed by atoms with Gasteiger partial charge in [0.1, 0.15) is 5.54 Å². The molecule has 21 heavy (non-hydrogen) atoms. The zero-order valence-electron chi connectivity index (χ0n) is 13.0. The van der Waals surface area contributed by atoms with Crippen molar-refractivity contribution in [2.45, 2.75) is 59.2 Å². The van der Waals surface area contributed by atoms with E-state index in [0.29, 0.717) is 18.8 Å². The zero-order chi connectivity index (χ0) is 15.6. The van der Waals surface area contributed by atoms with E-state index in [4.69, 9.17) is 0 Å². The number of aryl methyl sites for hydroxylation is 1. The fraction of sp³-hybridized carbons (Fsp3) is 0.769. The Morgan fingerprint density at radius 1 is 1.29 bits per heavy atom. The van der Waals surface area contributed by atoms with E-state index in [0.717, 1.165) is 6.42 Å². The summed E-state index contributed by atoms with van der Waals surface area (Å²) in [6.45, 7) is 8.56. The van der Waals surface area contributed by atoms with E-state index in [-0.39, 0.29) is 24.4 Å². The van der Waals surface area contributed by atoms with Gasteiger partial charge >= 0.3 is 6.03 Å². The van der Waals surface area contributed by atoms with Gasteiger partial charge < -0.3 is 5.32 Å². The van der Waals surface area contributed by atoms with Crippen molar-refractivity contribution >= 4 is 11.9 Å². The number of tetrazole rings is 1. The fourth-order valence-corrected chi connectivity index (χ4v) is 2.69. The van der Waals surface area contributed by atoms with Gasteiger partial charge in [-0.05, 0) is 29.2 Å². The Morgan fingerprint density at radius 3 is 2.52 bits per heavy atom. The van der Waals surface area contributed by atoms with Gasteiger partial charge in [0, 0.05) is 6.54 Å². The summed E-state index contributed by atoms with van der Waals surface area (Å²) in [4.78, 5) is 26.1. The maximum Gasteiger partial charge on any atom is 0.325 e. The van der Waals surface area contributed by atoms with Crippen LogP contribution in [-0.2, 0) is 17.9 Å². The molecule has 0 aromatic carbocycles. The summed E-state index contributed by atoms with van der Waals surface area (Å²) in [6, 6.07) is -0.374. The van der Waals surface area contributed by atoms with E-state index >= 15 is 0 Å². The SMILES string of the molecule is CCCn1nnnc1CN1C(=O)N[C@@](CC)(C(C)C)C1=O. The molecule has 2 heterocycles. The summed E-state index contributed by atoms with van der Waals surface area (Å²) in [5.74, 6) is 0.350. The highest BCUT2D eigenvalue weighted by atomic mass is 16.2. The third kappa shape index (κ3) is 2.50. The second-order valence-corrected chi connectivity index (χ2v) is 5.62. The van der Waals surface area contributed by atoms with Crippen LogP contribution < -0.4 is 5.32 Å². The van der Waals surface area contributed by atoms with Crippen LogP contribution in [0.4, 0.5) is 4.79 Å². The van der Waals surface area contributed by atoms with E-state index < -0.39 is 5.54 Å². The van der Waals surface area contributed by atoms with Crippen LogP contribution in [0.25, 0.3) is 0 Å². The number of hydrogen-bond donors (Lipinski definition) is 1. The van der Waals surface area contributed by atoms with Crippen molar-refractivity contribution in [1.29, 1.82) is 0 Å². The predicted molar refractivity (Wildman–Crippen MR) is 75.0 cm³/mol. The summed E-state index contributed by atoms with van der Waals surface area (Å²) in [5, 5.41) is 14.2. The average molecular weight is 294 g/mol. The Kier molecular flexibility index (Phi) is 4.24. The van der Waals surface area contributed by atoms with Gasteiger partial charge in [-0.3, -0.25) is 9.69 Å². The molecule has 0 spiro atoms. The number of urea groups is 1. The fourth-order valence-electron chi connectivity index (χ4n) is 2.69. The van der Waals surface area contributed by atoms with Crippen molar-refractivity contribution in [3.05, 3.63) is 5.82 Å². The highest BCUT2D eigenvalue weighted by Crippen LogP contribution is 2.29. The van der Waals surface area contributed by atoms with Gasteiger partial charge in [-0.15, -0.1) is 5.10 Å². The normalized spacial score (nSPS) is 22.2. The summed E-state index contributed by atoms with van der Waals surface area (Å²) in [6.07, 6.45) is 1.44. The standard InChI is InChI=1S/C13H22N6O2/c1-5-7-19-10(15-16-17-19)8-18-11(20)13(6-2,9(3)4)14-12(18)21/h9H,5-8H2,1-4H3,(H,14,21)/t13-/m0/s1. The first-order valence-corrected chi connectivity index (χ1v) is 7.35. The number of carbonyl (C=O) groups is 2. The van der Waals surface area contributed by atoms with Crippen LogP contribution in [0.3, 0.4) is 0 Å². The first-order valence-electron chi connectivity index (χ1n) is 7.35. The van der Waals surface area contributed by atoms with Crippen LogP contribution in [0.5, 0.6) is 0 Å². The van der Waals surface area contributed by atoms with Gasteiger partial charge in [-0.25, -0.2) is 9.48 Å². The summed E-state index contributed by atoms with van der Waals surface area (Å²) in [5.41, 5.74) is -0.819. The lowest BCUT2D eigenvalue weighted by atomic mass is 9.84. The van der Waals surface area contributed by atoms with Crippen LogP contribution in [0, 0.1) is 5.92 Å². The lowest BCUT2D eigenvalue weighted by Crippen LogP contribution is -2.50. The van der Waals surface area contributed by atoms with Gasteiger partial charge in [-0.2, -0.15) is 0 Å². The molecule has 8 nitrogen and oxygen atoms in total. The number of imide groups is 1. The van der Waals surface area contributed by atoms with Gasteiger partial charge in [-0.1, -0.05) is 27.7 Å². The number of hydrogen-bond acceptors (Lipinski definition) is 5. The molecule has 1 fully saturated rings. The molecule has 0 saturated carbocycles. The van der Waals surface area contributed by atoms with E-state index in [1.165, 1.54) is 4.90 Å². The van der Waals surface area contributed by atoms with Crippen molar-refractivity contribution in [3.8, 4) is 0 Å². The van der Waals surface area contributed by atoms with Crippen molar-refractivity contribution in [1.82, 2.24) is 30.4 Å². The zero-order valence-corrected chi connectivity index (χ0v) is 13.0. The topological polar surface area (TPSA) is 93.0 Å². The molecule has 1 atom stereocenters. The van der Waals surface area contributed by atoms with E-state index in [1.54, 1.807) is 4.68 Å². The molecule has 1 N–H and O–H groups in total. The number of amides is 3. The predicted octanol–water partition coefficient (Wildman–Crippen LogP) is 0.940. The average Bonchev–Trinajstić information content (AvgIpc) is 2.97. The molecule has 0 aliphatic carbocycles. The maximum atomic E-state index is 12.7. The minimum atomic E-state index is -0.819. The Bertz CT molecular complexity index is 541. The molecule has 2 rings (SSSR count). The van der Waals surface area contributed by atoms with Crippen molar-refractivity contribution in [3.63, 3.8) is 0 Å². The largest absolute Gasteiger partial charge is 0.325 e. The Balaban J connectivity index is 2.23. The minimum Gasteiger partial charge on any atom is -0.323 e. The Labute approximate surface area is 123 Å². The summed E-state index contributed by atoms with van der Waals surface area (Å²) < 4.78 is 1.63. The second-order valence-electron chi connectivity index (χ2n) is 5.62. The smallest absolute Gasteiger partial charge is 0.323 e. The summed E-state index contributed by atoms with van der Waals surface area (Å²) >= 11 is 0. The molecule has 0 bridgehead atoms. The number of rotatable bonds is 6. The lowest BCUT2D eigenvalue weighted by Gasteiger charge is -2.29. The molecule has 1 aliphatic rings. The van der Waals surface area contributed by atoms with Gasteiger partial charge in [0.05, 0.1) is 6.54 Å². The molecule has 1 aliphatic heterocycles. The highest BCUT2D eigenvalue weighted by molar-refractivity contribution is 6.07. The highest BCUT2D eigenvalue weighted by Gasteiger charge is 2.52. The first-order chi connectivity index (χ1) is 9.96. The molecule has 3 amide bonds. The number of nitrogens with zero attached hydrogens (tertiary/aromatic N) is 5. The van der Waals surface area contributed by atoms with Crippen LogP contribution >= 0.6 is 0 Å². The van der Waals surface area contributed by atoms with Crippen LogP contribution in [0.2, 0.25) is 0 Å². The number of nitrogens with one attached hydrogen (secondary N) is 1. The number of aromatic nitrogens is 4. The molecular formula is C13H22N6O2. The molecule has 116 valence electrons. The van der Waals surface area contributed by atoms with E-state index in [9.17, 15) is 9.59 Å². The molecule has 1 aromatic heterocycles. The molecule has 1 aromatic rings. The number of carbonyl (C=O) groups excluding carboxylic acids is 2. The van der Waals surface area contributed by atoms with Crippen LogP contribution in [0.15, 0.2) is 0 Å². The molecule has 0 unspecified atom stereocenters. The quantitative estimate of drug-likeness (QED) is 0.788. The molecule has 0 radical (unpaired) electrons. The Morgan fingerprint density at radius 2 is 2.00 bits per heavy atom. The van der Waals surface area contributed by atoms with Crippen molar-refractivity contribution in [2.75, 3.05) is 0 Å². The van der Waals surface area contributed by atoms with E-state index in [1.807, 2.05) is 27.7 Å². The maximum absolute atomic E-state index is 12.7. The molecular weight excluding hydrogens is 272 g/mol. The third-order valence-electron chi connectivity index (χ3n) is 4.09. The molecule has 8 heteroatoms. The Hall–Kier alpha value is -1.99. The van der Waals surface area contributed by atoms with Crippen LogP contribution in [-0.4, -0.2) is 42.6 Å². The van der Waals surface area contributed by atoms with Gasteiger partial charge in [0.25, 0.3) is 5.91 Å². The lowest BCUT2D eigenvalue weighted by molar-refractivity contribution is -0.133. The van der Waals surface area contributed by atoms with Crippen LogP contribution in [0.1, 0.15) is 46.4 Å². The minimum absolute atomic E-state index is 0.0237. The summed E-state index contributed by atoms with van der Waals surface area (Å²) in [7, 11) is 0. The second kappa shape index (κ2) is 5.79. The molecule has 1 saturated heterocycles. The first kappa shape index (κ1) is 15.4. The third-order valence-corrected chi connectivity index (χ3v) is 4.09. The van der Waals surface area contributed by atoms with E-state index in [2.05, 4.69) is 20.8 Å². The monoisotopic (exact) mass is 294 g/mol. The van der Waals surface area contributed by atoms with Crippen molar-refractivity contribution in [2.24, 2.45) is 5.92 Å². The van der Waals surface area contributed by atoms with Gasteiger partial charge in [0.2, 0.25) is 0 Å². The van der Waals surface area contributed by atoms with Crippen molar-refractivity contribution < 1.29 is 9.59 Å². The van der Waals surface area contributed by atoms with Gasteiger partial charge in [0.15, 0.2) is 5.82 Å².